The first-order chi connectivity index (χ1) is 14.2. The minimum Gasteiger partial charge on any atom is -0.463 e. The van der Waals surface area contributed by atoms with E-state index in [1.165, 1.54) is 22.8 Å². The largest absolute Gasteiger partial charge is 0.463 e. The van der Waals surface area contributed by atoms with Gasteiger partial charge in [0.2, 0.25) is 0 Å². The highest BCUT2D eigenvalue weighted by atomic mass is 16.5. The summed E-state index contributed by atoms with van der Waals surface area (Å²) in [5.74, 6) is -0.289. The Morgan fingerprint density at radius 1 is 1.14 bits per heavy atom. The Hall–Kier alpha value is -2.43. The summed E-state index contributed by atoms with van der Waals surface area (Å²) in [6, 6.07) is 19.2. The molecule has 0 radical (unpaired) electrons. The smallest absolute Gasteiger partial charge is 0.330 e. The van der Waals surface area contributed by atoms with Crippen molar-refractivity contribution in [3.8, 4) is 0 Å². The average Bonchev–Trinajstić information content (AvgIpc) is 3.05. The maximum atomic E-state index is 11.6. The number of nitrogens with zero attached hydrogens (tertiary/aromatic N) is 1. The number of likely N-dealkylation sites (tertiary alicyclic amines) is 1. The highest BCUT2D eigenvalue weighted by Crippen LogP contribution is 2.50. The van der Waals surface area contributed by atoms with Gasteiger partial charge in [0.05, 0.1) is 18.3 Å². The molecule has 0 aliphatic carbocycles. The van der Waals surface area contributed by atoms with Crippen LogP contribution in [-0.2, 0) is 26.4 Å². The van der Waals surface area contributed by atoms with E-state index in [0.717, 1.165) is 32.5 Å². The Labute approximate surface area is 173 Å². The van der Waals surface area contributed by atoms with Crippen LogP contribution in [-0.4, -0.2) is 30.6 Å². The number of carbonyl (C=O) groups is 1. The standard InChI is InChI=1S/C25H29NO3/c1-2-28-24(27)14-8-13-23-21-11-6-7-12-22(21)25(29-23)15-17-26(18-16-25)19-20-9-4-3-5-10-20/h3-12,14,23H,2,13,15-19H2,1H3/b14-8+. The third-order valence-electron chi connectivity index (χ3n) is 5.97. The fourth-order valence-electron chi connectivity index (χ4n) is 4.55. The summed E-state index contributed by atoms with van der Waals surface area (Å²) in [4.78, 5) is 14.1. The van der Waals surface area contributed by atoms with Crippen molar-refractivity contribution in [3.63, 3.8) is 0 Å². The first-order valence-electron chi connectivity index (χ1n) is 10.6. The molecular weight excluding hydrogens is 362 g/mol. The van der Waals surface area contributed by atoms with Gasteiger partial charge < -0.3 is 9.47 Å². The first kappa shape index (κ1) is 19.9. The number of piperidine rings is 1. The Bertz CT molecular complexity index is 853. The third-order valence-corrected chi connectivity index (χ3v) is 5.97. The van der Waals surface area contributed by atoms with E-state index in [1.807, 2.05) is 13.0 Å². The molecule has 0 saturated carbocycles. The molecule has 0 aromatic heterocycles. The molecule has 29 heavy (non-hydrogen) atoms. The normalized spacial score (nSPS) is 20.8. The van der Waals surface area contributed by atoms with E-state index in [9.17, 15) is 4.79 Å². The summed E-state index contributed by atoms with van der Waals surface area (Å²) in [5, 5.41) is 0. The first-order valence-corrected chi connectivity index (χ1v) is 10.6. The molecule has 2 aromatic rings. The average molecular weight is 392 g/mol. The minimum absolute atomic E-state index is 0.00227. The highest BCUT2D eigenvalue weighted by Gasteiger charge is 2.46. The van der Waals surface area contributed by atoms with Crippen molar-refractivity contribution in [1.82, 2.24) is 4.90 Å². The van der Waals surface area contributed by atoms with Crippen molar-refractivity contribution in [2.75, 3.05) is 19.7 Å². The van der Waals surface area contributed by atoms with Gasteiger partial charge in [-0.25, -0.2) is 4.79 Å². The predicted molar refractivity (Wildman–Crippen MR) is 113 cm³/mol. The number of carbonyl (C=O) groups excluding carboxylic acids is 1. The fraction of sp³-hybridized carbons (Fsp3) is 0.400. The molecule has 2 aromatic carbocycles. The lowest BCUT2D eigenvalue weighted by atomic mass is 9.83. The monoisotopic (exact) mass is 391 g/mol. The Balaban J connectivity index is 1.43. The molecule has 0 amide bonds. The van der Waals surface area contributed by atoms with Crippen molar-refractivity contribution in [3.05, 3.63) is 83.4 Å². The van der Waals surface area contributed by atoms with Crippen molar-refractivity contribution in [1.29, 1.82) is 0 Å². The van der Waals surface area contributed by atoms with E-state index in [2.05, 4.69) is 59.5 Å². The maximum absolute atomic E-state index is 11.6. The van der Waals surface area contributed by atoms with Crippen molar-refractivity contribution in [2.24, 2.45) is 0 Å². The third kappa shape index (κ3) is 4.44. The van der Waals surface area contributed by atoms with Crippen molar-refractivity contribution in [2.45, 2.75) is 44.4 Å². The molecule has 4 rings (SSSR count). The zero-order chi connectivity index (χ0) is 20.1. The van der Waals surface area contributed by atoms with Crippen LogP contribution in [0.2, 0.25) is 0 Å². The van der Waals surface area contributed by atoms with E-state index >= 15 is 0 Å². The van der Waals surface area contributed by atoms with Crippen molar-refractivity contribution >= 4 is 5.97 Å². The molecule has 0 bridgehead atoms. The summed E-state index contributed by atoms with van der Waals surface area (Å²) in [5.41, 5.74) is 3.75. The van der Waals surface area contributed by atoms with E-state index < -0.39 is 0 Å². The van der Waals surface area contributed by atoms with E-state index in [0.29, 0.717) is 13.0 Å². The minimum atomic E-state index is -0.289. The number of benzene rings is 2. The Kier molecular flexibility index (Phi) is 6.12. The topological polar surface area (TPSA) is 38.8 Å². The molecule has 152 valence electrons. The molecule has 0 N–H and O–H groups in total. The van der Waals surface area contributed by atoms with Crippen LogP contribution < -0.4 is 0 Å². The number of hydrogen-bond acceptors (Lipinski definition) is 4. The fourth-order valence-corrected chi connectivity index (χ4v) is 4.55. The van der Waals surface area contributed by atoms with Crippen LogP contribution in [0.3, 0.4) is 0 Å². The molecular formula is C25H29NO3. The van der Waals surface area contributed by atoms with E-state index in [-0.39, 0.29) is 17.7 Å². The van der Waals surface area contributed by atoms with Gasteiger partial charge in [-0.3, -0.25) is 4.90 Å². The quantitative estimate of drug-likeness (QED) is 0.526. The van der Waals surface area contributed by atoms with E-state index in [4.69, 9.17) is 9.47 Å². The molecule has 4 nitrogen and oxygen atoms in total. The molecule has 2 aliphatic heterocycles. The van der Waals surface area contributed by atoms with Crippen LogP contribution in [0, 0.1) is 0 Å². The van der Waals surface area contributed by atoms with E-state index in [1.54, 1.807) is 0 Å². The molecule has 2 aliphatic rings. The van der Waals surface area contributed by atoms with Gasteiger partial charge in [0.15, 0.2) is 0 Å². The van der Waals surface area contributed by atoms with Gasteiger partial charge in [-0.15, -0.1) is 0 Å². The molecule has 1 spiro atoms. The highest BCUT2D eigenvalue weighted by molar-refractivity contribution is 5.81. The molecule has 1 saturated heterocycles. The van der Waals surface area contributed by atoms with Crippen LogP contribution >= 0.6 is 0 Å². The number of esters is 1. The van der Waals surface area contributed by atoms with Gasteiger partial charge in [-0.2, -0.15) is 0 Å². The zero-order valence-electron chi connectivity index (χ0n) is 17.0. The predicted octanol–water partition coefficient (Wildman–Crippen LogP) is 4.76. The van der Waals surface area contributed by atoms with Gasteiger partial charge >= 0.3 is 5.97 Å². The van der Waals surface area contributed by atoms with Gasteiger partial charge in [0, 0.05) is 25.7 Å². The summed E-state index contributed by atoms with van der Waals surface area (Å²) in [7, 11) is 0. The summed E-state index contributed by atoms with van der Waals surface area (Å²) in [6.45, 7) is 5.25. The van der Waals surface area contributed by atoms with Crippen LogP contribution in [0.1, 0.15) is 49.0 Å². The Morgan fingerprint density at radius 3 is 2.62 bits per heavy atom. The van der Waals surface area contributed by atoms with Gasteiger partial charge in [-0.1, -0.05) is 60.7 Å². The van der Waals surface area contributed by atoms with Gasteiger partial charge in [0.25, 0.3) is 0 Å². The zero-order valence-corrected chi connectivity index (χ0v) is 17.0. The lowest BCUT2D eigenvalue weighted by molar-refractivity contribution is -0.137. The van der Waals surface area contributed by atoms with Crippen LogP contribution in [0.4, 0.5) is 0 Å². The molecule has 1 atom stereocenters. The second-order valence-electron chi connectivity index (χ2n) is 7.84. The second kappa shape index (κ2) is 8.93. The molecule has 1 fully saturated rings. The lowest BCUT2D eigenvalue weighted by Gasteiger charge is -2.40. The summed E-state index contributed by atoms with van der Waals surface area (Å²) in [6.07, 6.45) is 6.07. The Morgan fingerprint density at radius 2 is 1.86 bits per heavy atom. The summed E-state index contributed by atoms with van der Waals surface area (Å²) >= 11 is 0. The van der Waals surface area contributed by atoms with Crippen molar-refractivity contribution < 1.29 is 14.3 Å². The molecule has 2 heterocycles. The number of rotatable bonds is 6. The van der Waals surface area contributed by atoms with Crippen LogP contribution in [0.25, 0.3) is 0 Å². The molecule has 1 unspecified atom stereocenters. The maximum Gasteiger partial charge on any atom is 0.330 e. The number of hydrogen-bond donors (Lipinski definition) is 0. The van der Waals surface area contributed by atoms with Gasteiger partial charge in [0.1, 0.15) is 0 Å². The summed E-state index contributed by atoms with van der Waals surface area (Å²) < 4.78 is 11.6. The van der Waals surface area contributed by atoms with Gasteiger partial charge in [-0.05, 0) is 42.9 Å². The van der Waals surface area contributed by atoms with Crippen LogP contribution in [0.5, 0.6) is 0 Å². The SMILES string of the molecule is CCOC(=O)/C=C/CC1OC2(CCN(Cc3ccccc3)CC2)c2ccccc21. The number of ether oxygens (including phenoxy) is 2. The second-order valence-corrected chi connectivity index (χ2v) is 7.84. The number of fused-ring (bicyclic) bond motifs is 2. The lowest BCUT2D eigenvalue weighted by Crippen LogP contribution is -2.42. The molecule has 4 heteroatoms. The van der Waals surface area contributed by atoms with Crippen LogP contribution in [0.15, 0.2) is 66.7 Å².